The first-order valence-electron chi connectivity index (χ1n) is 13.0. The van der Waals surface area contributed by atoms with Crippen LogP contribution in [0.4, 0.5) is 0 Å². The number of allylic oxidation sites excluding steroid dienone is 1. The number of H-pyrrole nitrogens is 3. The molecule has 0 saturated carbocycles. The highest BCUT2D eigenvalue weighted by molar-refractivity contribution is 5.71. The summed E-state index contributed by atoms with van der Waals surface area (Å²) < 4.78 is 0. The molecule has 0 spiro atoms. The fourth-order valence-electron chi connectivity index (χ4n) is 5.61. The Labute approximate surface area is 220 Å². The number of fused-ring (bicyclic) bond motifs is 8. The standard InChI is InChI=1S/C30H34N4O4/c1-15-9-20-12-25-17(3)21(5-7-29(35)36)27(33-25)14-28-22(6-8-30(37)38)18(4)26(34-28)13-24-16(2)10-19(32-24)11-23(15)31-20/h9-12,14,26,31-34H,5-8,13H2,1-4H3,(H,35,36)(H,37,38)/b20-12-,23-11-,28-14-/t26-/m1/s1. The molecule has 3 aromatic heterocycles. The highest BCUT2D eigenvalue weighted by atomic mass is 16.4. The highest BCUT2D eigenvalue weighted by Gasteiger charge is 2.28. The number of carboxylic acids is 2. The van der Waals surface area contributed by atoms with Gasteiger partial charge in [-0.1, -0.05) is 0 Å². The van der Waals surface area contributed by atoms with Crippen LogP contribution in [0.1, 0.15) is 71.2 Å². The lowest BCUT2D eigenvalue weighted by atomic mass is 9.97. The minimum Gasteiger partial charge on any atom is -0.481 e. The summed E-state index contributed by atoms with van der Waals surface area (Å²) >= 11 is 0. The molecule has 2 aliphatic heterocycles. The Morgan fingerprint density at radius 3 is 2.34 bits per heavy atom. The summed E-state index contributed by atoms with van der Waals surface area (Å²) in [7, 11) is 0. The van der Waals surface area contributed by atoms with E-state index in [0.29, 0.717) is 12.8 Å². The van der Waals surface area contributed by atoms with Crippen molar-refractivity contribution in [2.45, 2.75) is 65.8 Å². The van der Waals surface area contributed by atoms with E-state index in [1.165, 1.54) is 5.56 Å². The summed E-state index contributed by atoms with van der Waals surface area (Å²) in [5.74, 6) is -1.67. The monoisotopic (exact) mass is 514 g/mol. The van der Waals surface area contributed by atoms with Crippen molar-refractivity contribution >= 4 is 30.2 Å². The van der Waals surface area contributed by atoms with Gasteiger partial charge >= 0.3 is 11.9 Å². The number of carbonyl (C=O) groups is 2. The van der Waals surface area contributed by atoms with Crippen LogP contribution in [-0.4, -0.2) is 43.1 Å². The van der Waals surface area contributed by atoms with Gasteiger partial charge in [-0.15, -0.1) is 0 Å². The molecule has 3 aromatic rings. The van der Waals surface area contributed by atoms with Gasteiger partial charge in [0.1, 0.15) is 0 Å². The van der Waals surface area contributed by atoms with Crippen molar-refractivity contribution in [1.29, 1.82) is 0 Å². The van der Waals surface area contributed by atoms with Crippen LogP contribution in [0.2, 0.25) is 0 Å². The number of rotatable bonds is 6. The van der Waals surface area contributed by atoms with E-state index in [-0.39, 0.29) is 18.9 Å². The van der Waals surface area contributed by atoms with Gasteiger partial charge in [-0.2, -0.15) is 0 Å². The summed E-state index contributed by atoms with van der Waals surface area (Å²) in [5.41, 5.74) is 11.2. The molecule has 8 heteroatoms. The molecule has 0 radical (unpaired) electrons. The van der Waals surface area contributed by atoms with Gasteiger partial charge in [-0.3, -0.25) is 9.59 Å². The number of carboxylic acid groups (broad SMARTS) is 2. The Bertz CT molecular complexity index is 1630. The van der Waals surface area contributed by atoms with Crippen LogP contribution in [0.15, 0.2) is 29.0 Å². The first-order chi connectivity index (χ1) is 18.1. The van der Waals surface area contributed by atoms with Gasteiger partial charge in [-0.25, -0.2) is 0 Å². The number of aromatic nitrogens is 3. The molecule has 38 heavy (non-hydrogen) atoms. The maximum Gasteiger partial charge on any atom is 0.303 e. The van der Waals surface area contributed by atoms with E-state index in [4.69, 9.17) is 0 Å². The predicted molar refractivity (Wildman–Crippen MR) is 147 cm³/mol. The van der Waals surface area contributed by atoms with Crippen LogP contribution in [0.25, 0.3) is 18.2 Å². The molecular formula is C30H34N4O4. The number of aryl methyl sites for hydroxylation is 2. The summed E-state index contributed by atoms with van der Waals surface area (Å²) in [4.78, 5) is 33.5. The lowest BCUT2D eigenvalue weighted by Gasteiger charge is -2.14. The van der Waals surface area contributed by atoms with E-state index >= 15 is 0 Å². The molecule has 5 rings (SSSR count). The Morgan fingerprint density at radius 2 is 1.61 bits per heavy atom. The average molecular weight is 515 g/mol. The largest absolute Gasteiger partial charge is 0.481 e. The molecule has 0 unspecified atom stereocenters. The summed E-state index contributed by atoms with van der Waals surface area (Å²) in [5, 5.41) is 24.4. The SMILES string of the molecule is CC1=C(CCC(=O)O)/C2=C/c3[nH]c(c(C)c3CCC(=O)O)/C=c3/cc(C)/c([nH]3)=C/c3cc(C)c([nH]3)C[C@H]1N2. The second-order valence-corrected chi connectivity index (χ2v) is 10.5. The quantitative estimate of drug-likeness (QED) is 0.300. The topological polar surface area (TPSA) is 134 Å². The summed E-state index contributed by atoms with van der Waals surface area (Å²) in [6.07, 6.45) is 7.83. The Balaban J connectivity index is 1.72. The highest BCUT2D eigenvalue weighted by Crippen LogP contribution is 2.33. The summed E-state index contributed by atoms with van der Waals surface area (Å²) in [6.45, 7) is 8.27. The van der Waals surface area contributed by atoms with Gasteiger partial charge in [0.2, 0.25) is 0 Å². The van der Waals surface area contributed by atoms with Gasteiger partial charge in [0, 0.05) is 58.4 Å². The van der Waals surface area contributed by atoms with Gasteiger partial charge in [0.15, 0.2) is 0 Å². The van der Waals surface area contributed by atoms with Crippen LogP contribution in [0.5, 0.6) is 0 Å². The van der Waals surface area contributed by atoms with E-state index in [0.717, 1.165) is 73.4 Å². The molecule has 0 amide bonds. The van der Waals surface area contributed by atoms with Gasteiger partial charge in [0.05, 0.1) is 6.04 Å². The van der Waals surface area contributed by atoms with Crippen LogP contribution in [0, 0.1) is 20.8 Å². The molecule has 0 fully saturated rings. The van der Waals surface area contributed by atoms with Gasteiger partial charge in [0.25, 0.3) is 0 Å². The van der Waals surface area contributed by atoms with Crippen LogP contribution < -0.4 is 16.0 Å². The van der Waals surface area contributed by atoms with Crippen LogP contribution in [0.3, 0.4) is 0 Å². The summed E-state index contributed by atoms with van der Waals surface area (Å²) in [6, 6.07) is 4.28. The van der Waals surface area contributed by atoms with E-state index in [1.807, 2.05) is 13.0 Å². The molecule has 0 aromatic carbocycles. The number of nitrogens with one attached hydrogen (secondary N) is 4. The molecule has 8 bridgehead atoms. The van der Waals surface area contributed by atoms with E-state index in [9.17, 15) is 19.8 Å². The molecular weight excluding hydrogens is 480 g/mol. The molecule has 5 heterocycles. The van der Waals surface area contributed by atoms with Crippen molar-refractivity contribution < 1.29 is 19.8 Å². The Morgan fingerprint density at radius 1 is 0.868 bits per heavy atom. The van der Waals surface area contributed by atoms with Crippen LogP contribution >= 0.6 is 0 Å². The zero-order chi connectivity index (χ0) is 27.1. The van der Waals surface area contributed by atoms with E-state index < -0.39 is 11.9 Å². The van der Waals surface area contributed by atoms with Gasteiger partial charge in [-0.05, 0) is 104 Å². The van der Waals surface area contributed by atoms with Crippen molar-refractivity contribution in [3.8, 4) is 0 Å². The smallest absolute Gasteiger partial charge is 0.303 e. The van der Waals surface area contributed by atoms with E-state index in [2.05, 4.69) is 65.3 Å². The van der Waals surface area contributed by atoms with Gasteiger partial charge < -0.3 is 30.5 Å². The maximum absolute atomic E-state index is 11.4. The fourth-order valence-corrected chi connectivity index (χ4v) is 5.61. The zero-order valence-electron chi connectivity index (χ0n) is 22.2. The molecule has 2 aliphatic rings. The lowest BCUT2D eigenvalue weighted by molar-refractivity contribution is -0.138. The third-order valence-electron chi connectivity index (χ3n) is 7.80. The zero-order valence-corrected chi connectivity index (χ0v) is 22.2. The second-order valence-electron chi connectivity index (χ2n) is 10.5. The molecule has 1 atom stereocenters. The number of hydrogen-bond acceptors (Lipinski definition) is 3. The van der Waals surface area contributed by atoms with Crippen molar-refractivity contribution in [2.75, 3.05) is 0 Å². The van der Waals surface area contributed by atoms with Crippen molar-refractivity contribution in [3.05, 3.63) is 84.7 Å². The first-order valence-corrected chi connectivity index (χ1v) is 13.0. The van der Waals surface area contributed by atoms with Crippen molar-refractivity contribution in [3.63, 3.8) is 0 Å². The minimum absolute atomic E-state index is 0.0199. The number of hydrogen-bond donors (Lipinski definition) is 6. The first kappa shape index (κ1) is 25.4. The maximum atomic E-state index is 11.4. The molecule has 8 nitrogen and oxygen atoms in total. The Hall–Kier alpha value is -4.20. The minimum atomic E-state index is -0.842. The van der Waals surface area contributed by atoms with Crippen molar-refractivity contribution in [1.82, 2.24) is 20.3 Å². The van der Waals surface area contributed by atoms with E-state index in [1.54, 1.807) is 0 Å². The van der Waals surface area contributed by atoms with Crippen molar-refractivity contribution in [2.24, 2.45) is 0 Å². The molecule has 6 N–H and O–H groups in total. The predicted octanol–water partition coefficient (Wildman–Crippen LogP) is 3.32. The number of aromatic amines is 3. The number of aliphatic carboxylic acids is 2. The second kappa shape index (κ2) is 9.93. The molecule has 198 valence electrons. The third kappa shape index (κ3) is 4.98. The molecule has 0 aliphatic carbocycles. The third-order valence-corrected chi connectivity index (χ3v) is 7.80. The average Bonchev–Trinajstić information content (AvgIpc) is 3.53. The molecule has 0 saturated heterocycles. The lowest BCUT2D eigenvalue weighted by Crippen LogP contribution is -2.26. The fraction of sp³-hybridized carbons (Fsp3) is 0.333. The van der Waals surface area contributed by atoms with Crippen LogP contribution in [-0.2, 0) is 22.4 Å². The Kier molecular flexibility index (Phi) is 6.65. The normalized spacial score (nSPS) is 19.7.